The van der Waals surface area contributed by atoms with Gasteiger partial charge in [-0.15, -0.1) is 0 Å². The smallest absolute Gasteiger partial charge is 0.228 e. The molecule has 2 aromatic heterocycles. The van der Waals surface area contributed by atoms with Crippen molar-refractivity contribution in [3.05, 3.63) is 42.4 Å². The fourth-order valence-electron chi connectivity index (χ4n) is 3.00. The third-order valence-electron chi connectivity index (χ3n) is 4.18. The van der Waals surface area contributed by atoms with E-state index in [1.54, 1.807) is 25.6 Å². The maximum atomic E-state index is 5.20. The lowest BCUT2D eigenvalue weighted by Gasteiger charge is -2.32. The zero-order chi connectivity index (χ0) is 15.9. The number of piperidine rings is 1. The number of anilines is 2. The van der Waals surface area contributed by atoms with E-state index in [1.807, 2.05) is 6.20 Å². The summed E-state index contributed by atoms with van der Waals surface area (Å²) in [5.41, 5.74) is 1.32. The van der Waals surface area contributed by atoms with Gasteiger partial charge in [0.05, 0.1) is 6.61 Å². The van der Waals surface area contributed by atoms with Crippen LogP contribution in [0.25, 0.3) is 0 Å². The van der Waals surface area contributed by atoms with Crippen LogP contribution in [0, 0.1) is 0 Å². The van der Waals surface area contributed by atoms with Crippen LogP contribution in [0.3, 0.4) is 0 Å². The topological polar surface area (TPSA) is 63.2 Å². The van der Waals surface area contributed by atoms with E-state index in [0.717, 1.165) is 32.1 Å². The van der Waals surface area contributed by atoms with Crippen LogP contribution in [0.1, 0.15) is 24.3 Å². The molecule has 6 nitrogen and oxygen atoms in total. The Balaban J connectivity index is 1.67. The van der Waals surface area contributed by atoms with Crippen molar-refractivity contribution in [3.8, 4) is 0 Å². The summed E-state index contributed by atoms with van der Waals surface area (Å²) in [6, 6.07) is 6.02. The largest absolute Gasteiger partial charge is 0.383 e. The van der Waals surface area contributed by atoms with Crippen LogP contribution in [0.5, 0.6) is 0 Å². The molecule has 0 unspecified atom stereocenters. The number of ether oxygens (including phenoxy) is 1. The first-order valence-electron chi connectivity index (χ1n) is 8.06. The molecule has 1 fully saturated rings. The summed E-state index contributed by atoms with van der Waals surface area (Å²) in [5.74, 6) is 1.91. The molecule has 0 saturated carbocycles. The predicted octanol–water partition coefficient (Wildman–Crippen LogP) is 2.44. The minimum Gasteiger partial charge on any atom is -0.383 e. The molecular weight excluding hydrogens is 290 g/mol. The van der Waals surface area contributed by atoms with Crippen LogP contribution in [0.15, 0.2) is 36.8 Å². The Hall–Kier alpha value is -2.05. The summed E-state index contributed by atoms with van der Waals surface area (Å²) in [6.07, 6.45) is 7.73. The number of rotatable bonds is 6. The summed E-state index contributed by atoms with van der Waals surface area (Å²) in [7, 11) is 1.76. The van der Waals surface area contributed by atoms with Gasteiger partial charge in [0, 0.05) is 38.8 Å². The molecule has 0 bridgehead atoms. The molecule has 1 N–H and O–H groups in total. The van der Waals surface area contributed by atoms with E-state index in [4.69, 9.17) is 4.74 Å². The van der Waals surface area contributed by atoms with Crippen molar-refractivity contribution in [1.29, 1.82) is 0 Å². The SMILES string of the molecule is COCCN1CCC[C@H](c2ccnc(Nc3ncccn3)c2)C1. The van der Waals surface area contributed by atoms with E-state index in [2.05, 4.69) is 37.3 Å². The van der Waals surface area contributed by atoms with Crippen molar-refractivity contribution in [2.45, 2.75) is 18.8 Å². The van der Waals surface area contributed by atoms with Gasteiger partial charge in [-0.1, -0.05) is 0 Å². The first-order chi connectivity index (χ1) is 11.3. The van der Waals surface area contributed by atoms with Gasteiger partial charge >= 0.3 is 0 Å². The van der Waals surface area contributed by atoms with E-state index in [0.29, 0.717) is 11.9 Å². The first kappa shape index (κ1) is 15.8. The quantitative estimate of drug-likeness (QED) is 0.884. The van der Waals surface area contributed by atoms with Crippen LogP contribution in [0.2, 0.25) is 0 Å². The average molecular weight is 313 g/mol. The Morgan fingerprint density at radius 3 is 2.96 bits per heavy atom. The second kappa shape index (κ2) is 7.99. The molecule has 0 aliphatic carbocycles. The van der Waals surface area contributed by atoms with Gasteiger partial charge in [-0.3, -0.25) is 0 Å². The monoisotopic (exact) mass is 313 g/mol. The third-order valence-corrected chi connectivity index (χ3v) is 4.18. The number of likely N-dealkylation sites (tertiary alicyclic amines) is 1. The lowest BCUT2D eigenvalue weighted by molar-refractivity contribution is 0.128. The fraction of sp³-hybridized carbons (Fsp3) is 0.471. The lowest BCUT2D eigenvalue weighted by Crippen LogP contribution is -2.36. The molecule has 6 heteroatoms. The van der Waals surface area contributed by atoms with E-state index in [9.17, 15) is 0 Å². The summed E-state index contributed by atoms with van der Waals surface area (Å²) in [4.78, 5) is 15.2. The molecule has 3 rings (SSSR count). The van der Waals surface area contributed by atoms with Crippen LogP contribution >= 0.6 is 0 Å². The van der Waals surface area contributed by atoms with Gasteiger partial charge < -0.3 is 15.0 Å². The van der Waals surface area contributed by atoms with Gasteiger partial charge in [0.15, 0.2) is 0 Å². The molecule has 23 heavy (non-hydrogen) atoms. The minimum absolute atomic E-state index is 0.542. The first-order valence-corrected chi connectivity index (χ1v) is 8.06. The van der Waals surface area contributed by atoms with Gasteiger partial charge in [-0.2, -0.15) is 0 Å². The molecule has 1 aliphatic rings. The Bertz CT molecular complexity index is 607. The van der Waals surface area contributed by atoms with Crippen molar-refractivity contribution < 1.29 is 4.74 Å². The van der Waals surface area contributed by atoms with E-state index >= 15 is 0 Å². The number of pyridine rings is 1. The molecule has 122 valence electrons. The van der Waals surface area contributed by atoms with Gasteiger partial charge in [0.1, 0.15) is 5.82 Å². The van der Waals surface area contributed by atoms with Crippen LogP contribution in [0.4, 0.5) is 11.8 Å². The lowest BCUT2D eigenvalue weighted by atomic mass is 9.91. The van der Waals surface area contributed by atoms with Crippen LogP contribution in [-0.2, 0) is 4.74 Å². The molecule has 2 aromatic rings. The highest BCUT2D eigenvalue weighted by Gasteiger charge is 2.21. The zero-order valence-electron chi connectivity index (χ0n) is 13.5. The number of nitrogens with zero attached hydrogens (tertiary/aromatic N) is 4. The highest BCUT2D eigenvalue weighted by atomic mass is 16.5. The van der Waals surface area contributed by atoms with Crippen LogP contribution < -0.4 is 5.32 Å². The maximum Gasteiger partial charge on any atom is 0.228 e. The Kier molecular flexibility index (Phi) is 5.50. The molecule has 3 heterocycles. The average Bonchev–Trinajstić information content (AvgIpc) is 2.61. The van der Waals surface area contributed by atoms with Gasteiger partial charge in [0.2, 0.25) is 5.95 Å². The summed E-state index contributed by atoms with van der Waals surface area (Å²) in [6.45, 7) is 4.03. The molecule has 0 radical (unpaired) electrons. The number of hydrogen-bond acceptors (Lipinski definition) is 6. The minimum atomic E-state index is 0.542. The normalized spacial score (nSPS) is 18.7. The Morgan fingerprint density at radius 2 is 2.13 bits per heavy atom. The van der Waals surface area contributed by atoms with Crippen molar-refractivity contribution >= 4 is 11.8 Å². The predicted molar refractivity (Wildman–Crippen MR) is 89.8 cm³/mol. The molecule has 1 aliphatic heterocycles. The molecule has 1 saturated heterocycles. The Labute approximate surface area is 136 Å². The second-order valence-corrected chi connectivity index (χ2v) is 5.80. The summed E-state index contributed by atoms with van der Waals surface area (Å²) in [5, 5.41) is 3.16. The van der Waals surface area contributed by atoms with E-state index < -0.39 is 0 Å². The number of nitrogens with one attached hydrogen (secondary N) is 1. The molecule has 0 amide bonds. The summed E-state index contributed by atoms with van der Waals surface area (Å²) < 4.78 is 5.20. The second-order valence-electron chi connectivity index (χ2n) is 5.80. The number of hydrogen-bond donors (Lipinski definition) is 1. The van der Waals surface area contributed by atoms with E-state index in [-0.39, 0.29) is 0 Å². The highest BCUT2D eigenvalue weighted by Crippen LogP contribution is 2.28. The van der Waals surface area contributed by atoms with Gasteiger partial charge in [-0.25, -0.2) is 15.0 Å². The van der Waals surface area contributed by atoms with Crippen molar-refractivity contribution in [2.24, 2.45) is 0 Å². The molecular formula is C17H23N5O. The van der Waals surface area contributed by atoms with Crippen molar-refractivity contribution in [2.75, 3.05) is 38.7 Å². The number of aromatic nitrogens is 3. The molecule has 0 spiro atoms. The standard InChI is InChI=1S/C17H23N5O/c1-23-11-10-22-9-2-4-15(13-22)14-5-8-18-16(12-14)21-17-19-6-3-7-20-17/h3,5-8,12,15H,2,4,9-11,13H2,1H3,(H,18,19,20,21)/t15-/m0/s1. The fourth-order valence-corrected chi connectivity index (χ4v) is 3.00. The Morgan fingerprint density at radius 1 is 1.26 bits per heavy atom. The van der Waals surface area contributed by atoms with Crippen molar-refractivity contribution in [1.82, 2.24) is 19.9 Å². The van der Waals surface area contributed by atoms with Crippen LogP contribution in [-0.4, -0.2) is 53.2 Å². The number of methoxy groups -OCH3 is 1. The van der Waals surface area contributed by atoms with Gasteiger partial charge in [-0.05, 0) is 49.1 Å². The maximum absolute atomic E-state index is 5.20. The van der Waals surface area contributed by atoms with Crippen molar-refractivity contribution in [3.63, 3.8) is 0 Å². The van der Waals surface area contributed by atoms with E-state index in [1.165, 1.54) is 18.4 Å². The van der Waals surface area contributed by atoms with Gasteiger partial charge in [0.25, 0.3) is 0 Å². The third kappa shape index (κ3) is 4.46. The molecule has 1 atom stereocenters. The highest BCUT2D eigenvalue weighted by molar-refractivity contribution is 5.48. The summed E-state index contributed by atoms with van der Waals surface area (Å²) >= 11 is 0. The zero-order valence-corrected chi connectivity index (χ0v) is 13.5. The molecule has 0 aromatic carbocycles.